The van der Waals surface area contributed by atoms with Crippen LogP contribution >= 0.6 is 0 Å². The van der Waals surface area contributed by atoms with Gasteiger partial charge in [-0.3, -0.25) is 0 Å². The van der Waals surface area contributed by atoms with Crippen molar-refractivity contribution >= 4 is 0 Å². The fourth-order valence-corrected chi connectivity index (χ4v) is 1.48. The minimum absolute atomic E-state index is 0.703. The molecule has 0 aromatic carbocycles. The maximum atomic E-state index is 8.89. The van der Waals surface area contributed by atoms with E-state index in [0.29, 0.717) is 5.69 Å². The van der Waals surface area contributed by atoms with Gasteiger partial charge in [-0.2, -0.15) is 5.26 Å². The third-order valence-corrected chi connectivity index (χ3v) is 2.31. The topological polar surface area (TPSA) is 41.6 Å². The summed E-state index contributed by atoms with van der Waals surface area (Å²) < 4.78 is 1.78. The molecule has 0 radical (unpaired) electrons. The average molecular weight is 191 g/mol. The summed E-state index contributed by atoms with van der Waals surface area (Å²) in [6.45, 7) is 4.42. The van der Waals surface area contributed by atoms with Crippen LogP contribution in [0.15, 0.2) is 6.33 Å². The lowest BCUT2D eigenvalue weighted by atomic mass is 10.0. The quantitative estimate of drug-likeness (QED) is 0.732. The zero-order chi connectivity index (χ0) is 10.6. The van der Waals surface area contributed by atoms with Crippen molar-refractivity contribution in [1.82, 2.24) is 9.55 Å². The third kappa shape index (κ3) is 2.59. The average Bonchev–Trinajstić information content (AvgIpc) is 2.46. The van der Waals surface area contributed by atoms with Crippen LogP contribution in [-0.2, 0) is 13.5 Å². The van der Waals surface area contributed by atoms with Crippen LogP contribution in [-0.4, -0.2) is 9.55 Å². The van der Waals surface area contributed by atoms with Crippen molar-refractivity contribution in [2.45, 2.75) is 33.1 Å². The van der Waals surface area contributed by atoms with Crippen molar-refractivity contribution in [2.75, 3.05) is 0 Å². The number of hydrogen-bond donors (Lipinski definition) is 0. The predicted molar refractivity (Wildman–Crippen MR) is 55.7 cm³/mol. The van der Waals surface area contributed by atoms with E-state index in [1.54, 1.807) is 10.9 Å². The second-order valence-corrected chi connectivity index (χ2v) is 4.05. The summed E-state index contributed by atoms with van der Waals surface area (Å²) in [5.74, 6) is 0.726. The van der Waals surface area contributed by atoms with Crippen molar-refractivity contribution < 1.29 is 0 Å². The first-order valence-electron chi connectivity index (χ1n) is 5.05. The van der Waals surface area contributed by atoms with Crippen molar-refractivity contribution in [1.29, 1.82) is 5.26 Å². The summed E-state index contributed by atoms with van der Waals surface area (Å²) in [6, 6.07) is 2.18. The number of aryl methyl sites for hydroxylation is 2. The maximum absolute atomic E-state index is 8.89. The fraction of sp³-hybridized carbons (Fsp3) is 0.636. The summed E-state index contributed by atoms with van der Waals surface area (Å²) in [5, 5.41) is 8.89. The molecular weight excluding hydrogens is 174 g/mol. The molecule has 0 fully saturated rings. The summed E-state index contributed by atoms with van der Waals surface area (Å²) in [5.41, 5.74) is 1.64. The number of rotatable bonds is 4. The monoisotopic (exact) mass is 191 g/mol. The van der Waals surface area contributed by atoms with Crippen molar-refractivity contribution in [3.63, 3.8) is 0 Å². The molecule has 0 aliphatic carbocycles. The number of hydrogen-bond acceptors (Lipinski definition) is 2. The van der Waals surface area contributed by atoms with Gasteiger partial charge in [0, 0.05) is 7.05 Å². The molecule has 0 amide bonds. The van der Waals surface area contributed by atoms with Gasteiger partial charge in [0.2, 0.25) is 0 Å². The van der Waals surface area contributed by atoms with E-state index >= 15 is 0 Å². The van der Waals surface area contributed by atoms with Gasteiger partial charge in [-0.1, -0.05) is 20.3 Å². The molecule has 14 heavy (non-hydrogen) atoms. The standard InChI is InChI=1S/C11H17N3/c1-9(2)5-4-6-10-11(7-12)14(3)8-13-10/h8-9H,4-6H2,1-3H3. The SMILES string of the molecule is CC(C)CCCc1ncn(C)c1C#N. The van der Waals surface area contributed by atoms with Crippen LogP contribution in [0.25, 0.3) is 0 Å². The largest absolute Gasteiger partial charge is 0.325 e. The molecule has 0 aliphatic heterocycles. The van der Waals surface area contributed by atoms with E-state index in [0.717, 1.165) is 24.5 Å². The Labute approximate surface area is 85.4 Å². The molecule has 0 atom stereocenters. The Kier molecular flexibility index (Phi) is 3.70. The van der Waals surface area contributed by atoms with Gasteiger partial charge in [0.05, 0.1) is 12.0 Å². The molecule has 1 heterocycles. The van der Waals surface area contributed by atoms with Crippen molar-refractivity contribution in [2.24, 2.45) is 13.0 Å². The van der Waals surface area contributed by atoms with Gasteiger partial charge in [-0.05, 0) is 18.8 Å². The predicted octanol–water partition coefficient (Wildman–Crippen LogP) is 2.27. The highest BCUT2D eigenvalue weighted by molar-refractivity contribution is 5.26. The Hall–Kier alpha value is -1.30. The highest BCUT2D eigenvalue weighted by Gasteiger charge is 2.07. The van der Waals surface area contributed by atoms with E-state index in [4.69, 9.17) is 5.26 Å². The van der Waals surface area contributed by atoms with Crippen LogP contribution in [0, 0.1) is 17.2 Å². The summed E-state index contributed by atoms with van der Waals surface area (Å²) in [7, 11) is 1.86. The van der Waals surface area contributed by atoms with Crippen LogP contribution in [0.5, 0.6) is 0 Å². The molecule has 1 rings (SSSR count). The first-order valence-corrected chi connectivity index (χ1v) is 5.05. The molecule has 0 aliphatic rings. The van der Waals surface area contributed by atoms with E-state index in [1.807, 2.05) is 7.05 Å². The first-order chi connectivity index (χ1) is 6.65. The second-order valence-electron chi connectivity index (χ2n) is 4.05. The lowest BCUT2D eigenvalue weighted by molar-refractivity contribution is 0.553. The molecule has 0 saturated heterocycles. The maximum Gasteiger partial charge on any atom is 0.142 e. The molecule has 3 heteroatoms. The van der Waals surface area contributed by atoms with Crippen LogP contribution in [0.1, 0.15) is 38.1 Å². The van der Waals surface area contributed by atoms with E-state index in [-0.39, 0.29) is 0 Å². The molecule has 3 nitrogen and oxygen atoms in total. The first kappa shape index (κ1) is 10.8. The van der Waals surface area contributed by atoms with Crippen molar-refractivity contribution in [3.8, 4) is 6.07 Å². The van der Waals surface area contributed by atoms with Gasteiger partial charge in [0.25, 0.3) is 0 Å². The highest BCUT2D eigenvalue weighted by Crippen LogP contribution is 2.11. The normalized spacial score (nSPS) is 10.5. The zero-order valence-corrected chi connectivity index (χ0v) is 9.12. The van der Waals surface area contributed by atoms with Crippen molar-refractivity contribution in [3.05, 3.63) is 17.7 Å². The Morgan fingerprint density at radius 1 is 1.57 bits per heavy atom. The summed E-state index contributed by atoms with van der Waals surface area (Å²) >= 11 is 0. The molecule has 0 unspecified atom stereocenters. The third-order valence-electron chi connectivity index (χ3n) is 2.31. The number of nitrogens with zero attached hydrogens (tertiary/aromatic N) is 3. The molecule has 1 aromatic heterocycles. The molecule has 0 N–H and O–H groups in total. The van der Waals surface area contributed by atoms with Crippen LogP contribution in [0.3, 0.4) is 0 Å². The van der Waals surface area contributed by atoms with Gasteiger partial charge in [-0.25, -0.2) is 4.98 Å². The van der Waals surface area contributed by atoms with Crippen LogP contribution < -0.4 is 0 Å². The lowest BCUT2D eigenvalue weighted by Gasteiger charge is -2.02. The van der Waals surface area contributed by atoms with Gasteiger partial charge in [-0.15, -0.1) is 0 Å². The molecule has 0 saturated carbocycles. The molecule has 0 spiro atoms. The zero-order valence-electron chi connectivity index (χ0n) is 9.12. The Morgan fingerprint density at radius 3 is 2.86 bits per heavy atom. The summed E-state index contributed by atoms with van der Waals surface area (Å²) in [4.78, 5) is 4.22. The smallest absolute Gasteiger partial charge is 0.142 e. The van der Waals surface area contributed by atoms with Crippen LogP contribution in [0.4, 0.5) is 0 Å². The molecule has 1 aromatic rings. The molecule has 76 valence electrons. The van der Waals surface area contributed by atoms with Gasteiger partial charge >= 0.3 is 0 Å². The van der Waals surface area contributed by atoms with Gasteiger partial charge in [0.15, 0.2) is 0 Å². The lowest BCUT2D eigenvalue weighted by Crippen LogP contribution is -1.96. The molecule has 0 bridgehead atoms. The molecular formula is C11H17N3. The Balaban J connectivity index is 2.55. The number of nitriles is 1. The minimum Gasteiger partial charge on any atom is -0.325 e. The Morgan fingerprint density at radius 2 is 2.29 bits per heavy atom. The van der Waals surface area contributed by atoms with Gasteiger partial charge in [0.1, 0.15) is 11.8 Å². The van der Waals surface area contributed by atoms with Gasteiger partial charge < -0.3 is 4.57 Å². The highest BCUT2D eigenvalue weighted by atomic mass is 15.0. The van der Waals surface area contributed by atoms with E-state index in [1.165, 1.54) is 6.42 Å². The number of imidazole rings is 1. The van der Waals surface area contributed by atoms with E-state index in [9.17, 15) is 0 Å². The second kappa shape index (κ2) is 4.80. The summed E-state index contributed by atoms with van der Waals surface area (Å²) in [6.07, 6.45) is 4.94. The van der Waals surface area contributed by atoms with E-state index in [2.05, 4.69) is 24.9 Å². The Bertz CT molecular complexity index is 331. The van der Waals surface area contributed by atoms with Crippen LogP contribution in [0.2, 0.25) is 0 Å². The van der Waals surface area contributed by atoms with E-state index < -0.39 is 0 Å². The minimum atomic E-state index is 0.703. The fourth-order valence-electron chi connectivity index (χ4n) is 1.48. The number of aromatic nitrogens is 2.